The predicted octanol–water partition coefficient (Wildman–Crippen LogP) is 6.23. The fraction of sp³-hybridized carbons (Fsp3) is 0.0556. The molecule has 0 bridgehead atoms. The average molecular weight is 481 g/mol. The first-order valence-corrected chi connectivity index (χ1v) is 10.2. The molecule has 9 heteroatoms. The first-order chi connectivity index (χ1) is 12.9. The Morgan fingerprint density at radius 3 is 2.89 bits per heavy atom. The number of aromatic nitrogens is 3. The maximum atomic E-state index is 11.4. The van der Waals surface area contributed by atoms with Gasteiger partial charge in [-0.3, -0.25) is 9.67 Å². The Bertz CT molecular complexity index is 1280. The third kappa shape index (κ3) is 3.02. The van der Waals surface area contributed by atoms with Gasteiger partial charge in [-0.15, -0.1) is 11.3 Å². The summed E-state index contributed by atoms with van der Waals surface area (Å²) in [6, 6.07) is 11.5. The van der Waals surface area contributed by atoms with E-state index in [9.17, 15) is 9.90 Å². The molecule has 0 aliphatic carbocycles. The van der Waals surface area contributed by atoms with Crippen molar-refractivity contribution in [2.45, 2.75) is 6.92 Å². The van der Waals surface area contributed by atoms with E-state index >= 15 is 0 Å². The molecule has 0 spiro atoms. The van der Waals surface area contributed by atoms with Crippen LogP contribution in [-0.4, -0.2) is 25.8 Å². The van der Waals surface area contributed by atoms with Crippen molar-refractivity contribution in [3.63, 3.8) is 0 Å². The molecular formula is C18H11BrClN3O2S2. The summed E-state index contributed by atoms with van der Waals surface area (Å²) < 4.78 is 3.97. The van der Waals surface area contributed by atoms with Crippen LogP contribution >= 0.6 is 51.1 Å². The van der Waals surface area contributed by atoms with Gasteiger partial charge in [-0.2, -0.15) is 5.10 Å². The number of aryl methyl sites for hydroxylation is 1. The number of nitrogens with zero attached hydrogens (tertiary/aromatic N) is 2. The van der Waals surface area contributed by atoms with Gasteiger partial charge < -0.3 is 5.11 Å². The molecule has 0 aliphatic rings. The van der Waals surface area contributed by atoms with Gasteiger partial charge in [0.1, 0.15) is 4.88 Å². The van der Waals surface area contributed by atoms with E-state index in [1.165, 1.54) is 0 Å². The minimum Gasteiger partial charge on any atom is -0.477 e. The number of hydrogen-bond donors (Lipinski definition) is 2. The fourth-order valence-corrected chi connectivity index (χ4v) is 4.93. The van der Waals surface area contributed by atoms with Crippen molar-refractivity contribution in [1.29, 1.82) is 0 Å². The Labute approximate surface area is 176 Å². The van der Waals surface area contributed by atoms with E-state index in [2.05, 4.69) is 26.1 Å². The standard InChI is InChI=1S/C18H11BrClN3O2S2/c1-8-3-2-4-11(13(8)19)16-21-22-18(26)23(16)9-5-6-10-12(7-9)27-15(14(10)20)17(24)25/h2-7H,1H3,(H,22,26)(H,24,25). The van der Waals surface area contributed by atoms with Gasteiger partial charge in [-0.1, -0.05) is 29.8 Å². The third-order valence-electron chi connectivity index (χ3n) is 4.17. The van der Waals surface area contributed by atoms with Gasteiger partial charge in [0.15, 0.2) is 10.6 Å². The molecule has 2 heterocycles. The van der Waals surface area contributed by atoms with E-state index in [0.29, 0.717) is 16.0 Å². The predicted molar refractivity (Wildman–Crippen MR) is 114 cm³/mol. The van der Waals surface area contributed by atoms with Gasteiger partial charge in [-0.05, 0) is 58.8 Å². The number of benzene rings is 2. The number of rotatable bonds is 3. The number of aromatic carboxylic acids is 1. The van der Waals surface area contributed by atoms with Crippen molar-refractivity contribution >= 4 is 67.1 Å². The highest BCUT2D eigenvalue weighted by molar-refractivity contribution is 9.10. The molecule has 0 aliphatic heterocycles. The number of H-pyrrole nitrogens is 1. The average Bonchev–Trinajstić information content (AvgIpc) is 3.17. The van der Waals surface area contributed by atoms with Crippen molar-refractivity contribution in [3.05, 3.63) is 61.1 Å². The molecule has 2 aromatic heterocycles. The van der Waals surface area contributed by atoms with Crippen LogP contribution in [0.4, 0.5) is 0 Å². The summed E-state index contributed by atoms with van der Waals surface area (Å²) >= 11 is 16.4. The van der Waals surface area contributed by atoms with Crippen molar-refractivity contribution in [3.8, 4) is 17.1 Å². The minimum atomic E-state index is -1.04. The molecule has 5 nitrogen and oxygen atoms in total. The fourth-order valence-electron chi connectivity index (χ4n) is 2.87. The van der Waals surface area contributed by atoms with Crippen molar-refractivity contribution in [2.24, 2.45) is 0 Å². The molecule has 136 valence electrons. The molecule has 0 radical (unpaired) electrons. The lowest BCUT2D eigenvalue weighted by atomic mass is 10.1. The zero-order valence-electron chi connectivity index (χ0n) is 13.8. The second-order valence-electron chi connectivity index (χ2n) is 5.86. The highest BCUT2D eigenvalue weighted by Crippen LogP contribution is 2.37. The van der Waals surface area contributed by atoms with Crippen LogP contribution in [-0.2, 0) is 0 Å². The number of carbonyl (C=O) groups is 1. The van der Waals surface area contributed by atoms with Gasteiger partial charge in [-0.25, -0.2) is 4.79 Å². The summed E-state index contributed by atoms with van der Waals surface area (Å²) in [7, 11) is 0. The number of aromatic amines is 1. The summed E-state index contributed by atoms with van der Waals surface area (Å²) in [6.07, 6.45) is 0. The number of thiophene rings is 1. The Morgan fingerprint density at radius 1 is 1.37 bits per heavy atom. The van der Waals surface area contributed by atoms with E-state index in [1.54, 1.807) is 6.07 Å². The number of fused-ring (bicyclic) bond motifs is 1. The molecule has 0 saturated heterocycles. The van der Waals surface area contributed by atoms with Crippen LogP contribution < -0.4 is 0 Å². The van der Waals surface area contributed by atoms with Gasteiger partial charge in [0.2, 0.25) is 0 Å². The number of hydrogen-bond acceptors (Lipinski definition) is 4. The second-order valence-corrected chi connectivity index (χ2v) is 8.46. The van der Waals surface area contributed by atoms with Crippen LogP contribution in [0, 0.1) is 11.7 Å². The number of halogens is 2. The summed E-state index contributed by atoms with van der Waals surface area (Å²) in [5, 5.41) is 17.5. The van der Waals surface area contributed by atoms with Crippen molar-refractivity contribution in [1.82, 2.24) is 14.8 Å². The molecule has 2 N–H and O–H groups in total. The molecule has 2 aromatic carbocycles. The first kappa shape index (κ1) is 18.4. The molecule has 0 fully saturated rings. The molecule has 4 aromatic rings. The first-order valence-electron chi connectivity index (χ1n) is 7.77. The Morgan fingerprint density at radius 2 is 2.15 bits per heavy atom. The monoisotopic (exact) mass is 479 g/mol. The molecule has 0 amide bonds. The van der Waals surface area contributed by atoms with Gasteiger partial charge in [0.05, 0.1) is 10.7 Å². The Balaban J connectivity index is 1.95. The van der Waals surface area contributed by atoms with Gasteiger partial charge in [0.25, 0.3) is 0 Å². The maximum Gasteiger partial charge on any atom is 0.347 e. The molecule has 27 heavy (non-hydrogen) atoms. The number of carboxylic acid groups (broad SMARTS) is 1. The Hall–Kier alpha value is -2.00. The highest BCUT2D eigenvalue weighted by Gasteiger charge is 2.19. The van der Waals surface area contributed by atoms with Crippen LogP contribution in [0.15, 0.2) is 40.9 Å². The lowest BCUT2D eigenvalue weighted by Gasteiger charge is -2.10. The van der Waals surface area contributed by atoms with Gasteiger partial charge >= 0.3 is 5.97 Å². The zero-order valence-corrected chi connectivity index (χ0v) is 17.8. The quantitative estimate of drug-likeness (QED) is 0.341. The lowest BCUT2D eigenvalue weighted by Crippen LogP contribution is -1.98. The largest absolute Gasteiger partial charge is 0.477 e. The van der Waals surface area contributed by atoms with E-state index in [4.69, 9.17) is 23.8 Å². The number of nitrogens with one attached hydrogen (secondary N) is 1. The molecule has 0 atom stereocenters. The van der Waals surface area contributed by atoms with Crippen molar-refractivity contribution in [2.75, 3.05) is 0 Å². The van der Waals surface area contributed by atoms with Crippen molar-refractivity contribution < 1.29 is 9.90 Å². The van der Waals surface area contributed by atoms with E-state index < -0.39 is 5.97 Å². The van der Waals surface area contributed by atoms with Crippen LogP contribution in [0.1, 0.15) is 15.2 Å². The van der Waals surface area contributed by atoms with Gasteiger partial charge in [0, 0.05) is 20.1 Å². The van der Waals surface area contributed by atoms with Crippen LogP contribution in [0.3, 0.4) is 0 Å². The highest BCUT2D eigenvalue weighted by atomic mass is 79.9. The Kier molecular flexibility index (Phi) is 4.67. The smallest absolute Gasteiger partial charge is 0.347 e. The normalized spacial score (nSPS) is 11.2. The summed E-state index contributed by atoms with van der Waals surface area (Å²) in [6.45, 7) is 2.01. The summed E-state index contributed by atoms with van der Waals surface area (Å²) in [5.74, 6) is -0.372. The minimum absolute atomic E-state index is 0.126. The van der Waals surface area contributed by atoms with Crippen LogP contribution in [0.5, 0.6) is 0 Å². The SMILES string of the molecule is Cc1cccc(-c2n[nH]c(=S)n2-c2ccc3c(Cl)c(C(=O)O)sc3c2)c1Br. The van der Waals surface area contributed by atoms with Crippen LogP contribution in [0.25, 0.3) is 27.2 Å². The summed E-state index contributed by atoms with van der Waals surface area (Å²) in [5.41, 5.74) is 2.76. The molecule has 4 rings (SSSR count). The lowest BCUT2D eigenvalue weighted by molar-refractivity contribution is 0.0702. The molecule has 0 unspecified atom stereocenters. The number of carboxylic acids is 1. The topological polar surface area (TPSA) is 70.9 Å². The zero-order chi connectivity index (χ0) is 19.3. The van der Waals surface area contributed by atoms with E-state index in [-0.39, 0.29) is 9.90 Å². The third-order valence-corrected chi connectivity index (χ3v) is 7.14. The summed E-state index contributed by atoms with van der Waals surface area (Å²) in [4.78, 5) is 11.5. The molecule has 0 saturated carbocycles. The van der Waals surface area contributed by atoms with Crippen LogP contribution in [0.2, 0.25) is 5.02 Å². The molecular weight excluding hydrogens is 470 g/mol. The maximum absolute atomic E-state index is 11.4. The van der Waals surface area contributed by atoms with E-state index in [1.807, 2.05) is 41.8 Å². The second kappa shape index (κ2) is 6.87. The van der Waals surface area contributed by atoms with E-state index in [0.717, 1.165) is 37.3 Å².